The molecule has 1 heterocycles. The summed E-state index contributed by atoms with van der Waals surface area (Å²) in [5, 5.41) is 21.6. The van der Waals surface area contributed by atoms with Crippen LogP contribution in [0.1, 0.15) is 27.2 Å². The van der Waals surface area contributed by atoms with Crippen LogP contribution < -0.4 is 5.32 Å². The molecule has 0 atom stereocenters. The average molecular weight is 272 g/mol. The van der Waals surface area contributed by atoms with Gasteiger partial charge >= 0.3 is 0 Å². The standard InChI is InChI=1S/C15H16N2O3/c1-9-6-10(2)12(7-11(9)8-18)17-15(20)14-13(19)4-3-5-16-14/h3-7,18-19H,8H2,1-2H3,(H,17,20). The van der Waals surface area contributed by atoms with Crippen molar-refractivity contribution in [2.24, 2.45) is 0 Å². The predicted molar refractivity (Wildman–Crippen MR) is 75.7 cm³/mol. The first-order chi connectivity index (χ1) is 9.52. The first-order valence-corrected chi connectivity index (χ1v) is 6.19. The molecule has 3 N–H and O–H groups in total. The summed E-state index contributed by atoms with van der Waals surface area (Å²) in [5.74, 6) is -0.656. The molecular formula is C15H16N2O3. The Morgan fingerprint density at radius 3 is 2.70 bits per heavy atom. The number of benzene rings is 1. The Morgan fingerprint density at radius 1 is 1.30 bits per heavy atom. The van der Waals surface area contributed by atoms with Crippen molar-refractivity contribution in [2.75, 3.05) is 5.32 Å². The van der Waals surface area contributed by atoms with E-state index < -0.39 is 5.91 Å². The van der Waals surface area contributed by atoms with Gasteiger partial charge in [0.1, 0.15) is 5.75 Å². The molecule has 20 heavy (non-hydrogen) atoms. The zero-order valence-corrected chi connectivity index (χ0v) is 11.3. The van der Waals surface area contributed by atoms with Crippen molar-refractivity contribution in [1.82, 2.24) is 4.98 Å². The molecule has 0 spiro atoms. The fraction of sp³-hybridized carbons (Fsp3) is 0.200. The van der Waals surface area contributed by atoms with Gasteiger partial charge in [-0.3, -0.25) is 4.79 Å². The Bertz CT molecular complexity index is 654. The summed E-state index contributed by atoms with van der Waals surface area (Å²) in [6.45, 7) is 3.67. The van der Waals surface area contributed by atoms with Gasteiger partial charge in [-0.05, 0) is 48.7 Å². The number of aromatic hydroxyl groups is 1. The number of pyridine rings is 1. The number of nitrogens with zero attached hydrogens (tertiary/aromatic N) is 1. The number of aliphatic hydroxyl groups is 1. The molecule has 0 fully saturated rings. The number of hydrogen-bond donors (Lipinski definition) is 3. The molecule has 0 radical (unpaired) electrons. The van der Waals surface area contributed by atoms with Gasteiger partial charge in [0.15, 0.2) is 5.69 Å². The van der Waals surface area contributed by atoms with Crippen LogP contribution in [0, 0.1) is 13.8 Å². The number of carbonyl (C=O) groups is 1. The van der Waals surface area contributed by atoms with Gasteiger partial charge in [-0.1, -0.05) is 6.07 Å². The summed E-state index contributed by atoms with van der Waals surface area (Å²) < 4.78 is 0. The molecular weight excluding hydrogens is 256 g/mol. The highest BCUT2D eigenvalue weighted by atomic mass is 16.3. The molecule has 2 rings (SSSR count). The SMILES string of the molecule is Cc1cc(C)c(NC(=O)c2ncccc2O)cc1CO. The van der Waals surface area contributed by atoms with E-state index in [1.54, 1.807) is 12.1 Å². The molecule has 1 aromatic heterocycles. The van der Waals surface area contributed by atoms with Crippen molar-refractivity contribution < 1.29 is 15.0 Å². The second-order valence-corrected chi connectivity index (χ2v) is 4.58. The van der Waals surface area contributed by atoms with Gasteiger partial charge in [0.2, 0.25) is 0 Å². The highest BCUT2D eigenvalue weighted by Crippen LogP contribution is 2.22. The fourth-order valence-electron chi connectivity index (χ4n) is 1.96. The maximum Gasteiger partial charge on any atom is 0.278 e. The lowest BCUT2D eigenvalue weighted by molar-refractivity contribution is 0.101. The van der Waals surface area contributed by atoms with Gasteiger partial charge in [0.25, 0.3) is 5.91 Å². The number of hydrogen-bond acceptors (Lipinski definition) is 4. The molecule has 5 nitrogen and oxygen atoms in total. The molecule has 1 aromatic carbocycles. The van der Waals surface area contributed by atoms with E-state index in [2.05, 4.69) is 10.3 Å². The maximum absolute atomic E-state index is 12.1. The molecule has 2 aromatic rings. The zero-order chi connectivity index (χ0) is 14.7. The fourth-order valence-corrected chi connectivity index (χ4v) is 1.96. The second kappa shape index (κ2) is 5.71. The molecule has 0 unspecified atom stereocenters. The third-order valence-electron chi connectivity index (χ3n) is 3.10. The van der Waals surface area contributed by atoms with Crippen molar-refractivity contribution in [3.05, 3.63) is 52.8 Å². The summed E-state index contributed by atoms with van der Waals surface area (Å²) in [4.78, 5) is 15.9. The number of aromatic nitrogens is 1. The normalized spacial score (nSPS) is 10.3. The minimum absolute atomic E-state index is 0.0296. The minimum atomic E-state index is -0.487. The number of aliphatic hydroxyl groups excluding tert-OH is 1. The topological polar surface area (TPSA) is 82.5 Å². The summed E-state index contributed by atoms with van der Waals surface area (Å²) in [7, 11) is 0. The van der Waals surface area contributed by atoms with Gasteiger partial charge in [-0.25, -0.2) is 4.98 Å². The van der Waals surface area contributed by atoms with Gasteiger partial charge in [-0.2, -0.15) is 0 Å². The van der Waals surface area contributed by atoms with Crippen LogP contribution in [0.25, 0.3) is 0 Å². The first kappa shape index (κ1) is 14.0. The van der Waals surface area contributed by atoms with E-state index in [4.69, 9.17) is 0 Å². The van der Waals surface area contributed by atoms with E-state index in [1.165, 1.54) is 12.3 Å². The van der Waals surface area contributed by atoms with Crippen molar-refractivity contribution in [2.45, 2.75) is 20.5 Å². The van der Waals surface area contributed by atoms with E-state index in [0.717, 1.165) is 16.7 Å². The van der Waals surface area contributed by atoms with Crippen LogP contribution in [0.5, 0.6) is 5.75 Å². The Balaban J connectivity index is 2.31. The number of aryl methyl sites for hydroxylation is 2. The highest BCUT2D eigenvalue weighted by molar-refractivity contribution is 6.05. The predicted octanol–water partition coefficient (Wildman–Crippen LogP) is 2.15. The van der Waals surface area contributed by atoms with E-state index in [1.807, 2.05) is 19.9 Å². The molecule has 0 bridgehead atoms. The van der Waals surface area contributed by atoms with Gasteiger partial charge in [0.05, 0.1) is 6.61 Å². The molecule has 104 valence electrons. The van der Waals surface area contributed by atoms with Gasteiger partial charge in [0, 0.05) is 11.9 Å². The van der Waals surface area contributed by atoms with Crippen molar-refractivity contribution >= 4 is 11.6 Å². The van der Waals surface area contributed by atoms with Crippen LogP contribution in [0.2, 0.25) is 0 Å². The van der Waals surface area contributed by atoms with Crippen LogP contribution in [-0.4, -0.2) is 21.1 Å². The van der Waals surface area contributed by atoms with Crippen LogP contribution in [0.4, 0.5) is 5.69 Å². The number of amides is 1. The molecule has 0 aliphatic heterocycles. The van der Waals surface area contributed by atoms with Crippen LogP contribution in [0.15, 0.2) is 30.5 Å². The van der Waals surface area contributed by atoms with E-state index in [-0.39, 0.29) is 18.1 Å². The number of rotatable bonds is 3. The Kier molecular flexibility index (Phi) is 4.00. The number of carbonyl (C=O) groups excluding carboxylic acids is 1. The largest absolute Gasteiger partial charge is 0.505 e. The summed E-state index contributed by atoms with van der Waals surface area (Å²) in [6, 6.07) is 6.57. The quantitative estimate of drug-likeness (QED) is 0.799. The average Bonchev–Trinajstić information content (AvgIpc) is 2.42. The number of anilines is 1. The highest BCUT2D eigenvalue weighted by Gasteiger charge is 2.14. The lowest BCUT2D eigenvalue weighted by Crippen LogP contribution is -2.15. The first-order valence-electron chi connectivity index (χ1n) is 6.19. The van der Waals surface area contributed by atoms with Gasteiger partial charge < -0.3 is 15.5 Å². The second-order valence-electron chi connectivity index (χ2n) is 4.58. The van der Waals surface area contributed by atoms with E-state index in [0.29, 0.717) is 5.69 Å². The molecule has 5 heteroatoms. The molecule has 1 amide bonds. The van der Waals surface area contributed by atoms with Crippen molar-refractivity contribution in [3.63, 3.8) is 0 Å². The smallest absolute Gasteiger partial charge is 0.278 e. The Labute approximate surface area is 116 Å². The Hall–Kier alpha value is -2.40. The summed E-state index contributed by atoms with van der Waals surface area (Å²) in [6.07, 6.45) is 1.44. The van der Waals surface area contributed by atoms with Crippen LogP contribution in [-0.2, 0) is 6.61 Å². The zero-order valence-electron chi connectivity index (χ0n) is 11.3. The van der Waals surface area contributed by atoms with Crippen molar-refractivity contribution in [1.29, 1.82) is 0 Å². The Morgan fingerprint density at radius 2 is 2.05 bits per heavy atom. The molecule has 0 saturated carbocycles. The van der Waals surface area contributed by atoms with E-state index >= 15 is 0 Å². The lowest BCUT2D eigenvalue weighted by atomic mass is 10.0. The van der Waals surface area contributed by atoms with Crippen LogP contribution in [0.3, 0.4) is 0 Å². The number of nitrogens with one attached hydrogen (secondary N) is 1. The minimum Gasteiger partial charge on any atom is -0.505 e. The molecule has 0 aliphatic rings. The van der Waals surface area contributed by atoms with Gasteiger partial charge in [-0.15, -0.1) is 0 Å². The lowest BCUT2D eigenvalue weighted by Gasteiger charge is -2.12. The monoisotopic (exact) mass is 272 g/mol. The van der Waals surface area contributed by atoms with Crippen LogP contribution >= 0.6 is 0 Å². The van der Waals surface area contributed by atoms with E-state index in [9.17, 15) is 15.0 Å². The summed E-state index contributed by atoms with van der Waals surface area (Å²) >= 11 is 0. The van der Waals surface area contributed by atoms with Crippen molar-refractivity contribution in [3.8, 4) is 5.75 Å². The summed E-state index contributed by atoms with van der Waals surface area (Å²) in [5.41, 5.74) is 3.15. The molecule has 0 aliphatic carbocycles. The third kappa shape index (κ3) is 2.78. The molecule has 0 saturated heterocycles. The maximum atomic E-state index is 12.1. The third-order valence-corrected chi connectivity index (χ3v) is 3.10.